The van der Waals surface area contributed by atoms with Crippen molar-refractivity contribution in [1.29, 1.82) is 0 Å². The van der Waals surface area contributed by atoms with Crippen LogP contribution in [0.15, 0.2) is 77.3 Å². The summed E-state index contributed by atoms with van der Waals surface area (Å²) < 4.78 is 12.3. The maximum atomic E-state index is 12.3. The molecule has 0 saturated heterocycles. The van der Waals surface area contributed by atoms with E-state index < -0.39 is 0 Å². The zero-order valence-electron chi connectivity index (χ0n) is 15.7. The van der Waals surface area contributed by atoms with Crippen LogP contribution in [0.4, 0.5) is 5.69 Å². The van der Waals surface area contributed by atoms with Gasteiger partial charge in [-0.2, -0.15) is 0 Å². The second-order valence-corrected chi connectivity index (χ2v) is 7.08. The molecule has 144 valence electrons. The molecule has 4 nitrogen and oxygen atoms in total. The van der Waals surface area contributed by atoms with Crippen molar-refractivity contribution in [3.8, 4) is 11.5 Å². The standard InChI is InChI=1S/C23H22BrNO3/c1-2-17-12-13-21(19(24)14-17)28-16-23(26)25-20-10-6-7-11-22(20)27-15-18-8-4-3-5-9-18/h3-14H,2,15-16H2,1H3,(H,25,26). The third-order valence-corrected chi connectivity index (χ3v) is 4.78. The third-order valence-electron chi connectivity index (χ3n) is 4.16. The van der Waals surface area contributed by atoms with Gasteiger partial charge in [0, 0.05) is 0 Å². The third kappa shape index (κ3) is 5.60. The second kappa shape index (κ2) is 9.95. The van der Waals surface area contributed by atoms with Crippen molar-refractivity contribution in [2.24, 2.45) is 0 Å². The van der Waals surface area contributed by atoms with E-state index in [4.69, 9.17) is 9.47 Å². The Kier molecular flexibility index (Phi) is 7.09. The van der Waals surface area contributed by atoms with Gasteiger partial charge in [-0.25, -0.2) is 0 Å². The minimum Gasteiger partial charge on any atom is -0.487 e. The molecule has 0 atom stereocenters. The Labute approximate surface area is 173 Å². The molecular formula is C23H22BrNO3. The van der Waals surface area contributed by atoms with Gasteiger partial charge >= 0.3 is 0 Å². The molecule has 0 saturated carbocycles. The van der Waals surface area contributed by atoms with E-state index in [-0.39, 0.29) is 12.5 Å². The summed E-state index contributed by atoms with van der Waals surface area (Å²) in [4.78, 5) is 12.3. The van der Waals surface area contributed by atoms with Crippen molar-refractivity contribution in [2.75, 3.05) is 11.9 Å². The van der Waals surface area contributed by atoms with Crippen molar-refractivity contribution < 1.29 is 14.3 Å². The number of benzene rings is 3. The zero-order valence-corrected chi connectivity index (χ0v) is 17.2. The first-order valence-corrected chi connectivity index (χ1v) is 9.92. The van der Waals surface area contributed by atoms with Crippen molar-refractivity contribution >= 4 is 27.5 Å². The number of nitrogens with one attached hydrogen (secondary N) is 1. The molecule has 0 aliphatic carbocycles. The number of hydrogen-bond donors (Lipinski definition) is 1. The quantitative estimate of drug-likeness (QED) is 0.496. The number of carbonyl (C=O) groups is 1. The van der Waals surface area contributed by atoms with Crippen LogP contribution < -0.4 is 14.8 Å². The number of para-hydroxylation sites is 2. The summed E-state index contributed by atoms with van der Waals surface area (Å²) in [5.41, 5.74) is 2.88. The smallest absolute Gasteiger partial charge is 0.262 e. The summed E-state index contributed by atoms with van der Waals surface area (Å²) >= 11 is 3.48. The average molecular weight is 440 g/mol. The van der Waals surface area contributed by atoms with Gasteiger partial charge in [-0.1, -0.05) is 55.5 Å². The molecular weight excluding hydrogens is 418 g/mol. The molecule has 5 heteroatoms. The molecule has 1 amide bonds. The monoisotopic (exact) mass is 439 g/mol. The molecule has 3 aromatic carbocycles. The van der Waals surface area contributed by atoms with Crippen molar-refractivity contribution in [2.45, 2.75) is 20.0 Å². The molecule has 3 rings (SSSR count). The SMILES string of the molecule is CCc1ccc(OCC(=O)Nc2ccccc2OCc2ccccc2)c(Br)c1. The number of rotatable bonds is 8. The maximum Gasteiger partial charge on any atom is 0.262 e. The highest BCUT2D eigenvalue weighted by Crippen LogP contribution is 2.27. The number of halogens is 1. The lowest BCUT2D eigenvalue weighted by Gasteiger charge is -2.13. The lowest BCUT2D eigenvalue weighted by atomic mass is 10.2. The minimum atomic E-state index is -0.248. The Hall–Kier alpha value is -2.79. The van der Waals surface area contributed by atoms with Crippen LogP contribution >= 0.6 is 15.9 Å². The van der Waals surface area contributed by atoms with Gasteiger partial charge in [-0.15, -0.1) is 0 Å². The van der Waals surface area contributed by atoms with E-state index >= 15 is 0 Å². The Bertz CT molecular complexity index is 928. The topological polar surface area (TPSA) is 47.6 Å². The van der Waals surface area contributed by atoms with Gasteiger partial charge in [0.15, 0.2) is 6.61 Å². The van der Waals surface area contributed by atoms with Gasteiger partial charge in [0.25, 0.3) is 5.91 Å². The molecule has 0 aromatic heterocycles. The molecule has 3 aromatic rings. The van der Waals surface area contributed by atoms with E-state index in [1.165, 1.54) is 5.56 Å². The molecule has 0 bridgehead atoms. The Morgan fingerprint density at radius 1 is 0.893 bits per heavy atom. The Morgan fingerprint density at radius 2 is 1.64 bits per heavy atom. The lowest BCUT2D eigenvalue weighted by Crippen LogP contribution is -2.20. The molecule has 0 spiro atoms. The van der Waals surface area contributed by atoms with Crippen LogP contribution in [-0.2, 0) is 17.8 Å². The van der Waals surface area contributed by atoms with Gasteiger partial charge in [-0.3, -0.25) is 4.79 Å². The summed E-state index contributed by atoms with van der Waals surface area (Å²) in [6, 6.07) is 23.1. The van der Waals surface area contributed by atoms with Crippen LogP contribution in [0.2, 0.25) is 0 Å². The summed E-state index contributed by atoms with van der Waals surface area (Å²) in [5, 5.41) is 2.85. The van der Waals surface area contributed by atoms with E-state index in [1.54, 1.807) is 0 Å². The van der Waals surface area contributed by atoms with Crippen LogP contribution in [0, 0.1) is 0 Å². The number of carbonyl (C=O) groups excluding carboxylic acids is 1. The van der Waals surface area contributed by atoms with Gasteiger partial charge in [0.05, 0.1) is 10.2 Å². The van der Waals surface area contributed by atoms with Crippen LogP contribution in [0.3, 0.4) is 0 Å². The predicted molar refractivity (Wildman–Crippen MR) is 115 cm³/mol. The predicted octanol–water partition coefficient (Wildman–Crippen LogP) is 5.61. The molecule has 0 fully saturated rings. The number of ether oxygens (including phenoxy) is 2. The first-order valence-electron chi connectivity index (χ1n) is 9.12. The summed E-state index contributed by atoms with van der Waals surface area (Å²) in [5.74, 6) is 1.01. The fourth-order valence-corrected chi connectivity index (χ4v) is 3.18. The molecule has 28 heavy (non-hydrogen) atoms. The van der Waals surface area contributed by atoms with Crippen molar-refractivity contribution in [1.82, 2.24) is 0 Å². The van der Waals surface area contributed by atoms with E-state index in [0.29, 0.717) is 23.8 Å². The molecule has 0 aliphatic rings. The number of hydrogen-bond acceptors (Lipinski definition) is 3. The largest absolute Gasteiger partial charge is 0.487 e. The van der Waals surface area contributed by atoms with Crippen LogP contribution in [0.5, 0.6) is 11.5 Å². The summed E-state index contributed by atoms with van der Waals surface area (Å²) in [6.07, 6.45) is 0.944. The van der Waals surface area contributed by atoms with Crippen LogP contribution in [-0.4, -0.2) is 12.5 Å². The molecule has 0 unspecified atom stereocenters. The van der Waals surface area contributed by atoms with E-state index in [9.17, 15) is 4.79 Å². The normalized spacial score (nSPS) is 10.4. The van der Waals surface area contributed by atoms with Gasteiger partial charge in [0.1, 0.15) is 18.1 Å². The minimum absolute atomic E-state index is 0.0862. The van der Waals surface area contributed by atoms with Gasteiger partial charge in [0.2, 0.25) is 0 Å². The summed E-state index contributed by atoms with van der Waals surface area (Å²) in [6.45, 7) is 2.44. The summed E-state index contributed by atoms with van der Waals surface area (Å²) in [7, 11) is 0. The van der Waals surface area contributed by atoms with Crippen LogP contribution in [0.25, 0.3) is 0 Å². The number of aryl methyl sites for hydroxylation is 1. The first-order chi connectivity index (χ1) is 13.7. The highest BCUT2D eigenvalue weighted by atomic mass is 79.9. The highest BCUT2D eigenvalue weighted by Gasteiger charge is 2.10. The Morgan fingerprint density at radius 3 is 2.39 bits per heavy atom. The molecule has 0 radical (unpaired) electrons. The highest BCUT2D eigenvalue weighted by molar-refractivity contribution is 9.10. The fourth-order valence-electron chi connectivity index (χ4n) is 2.64. The Balaban J connectivity index is 1.58. The maximum absolute atomic E-state index is 12.3. The number of anilines is 1. The van der Waals surface area contributed by atoms with Gasteiger partial charge in [-0.05, 0) is 57.7 Å². The van der Waals surface area contributed by atoms with Crippen LogP contribution in [0.1, 0.15) is 18.1 Å². The first kappa shape index (κ1) is 20.0. The van der Waals surface area contributed by atoms with Crippen molar-refractivity contribution in [3.05, 3.63) is 88.4 Å². The van der Waals surface area contributed by atoms with E-state index in [2.05, 4.69) is 28.2 Å². The van der Waals surface area contributed by atoms with E-state index in [0.717, 1.165) is 16.5 Å². The average Bonchev–Trinajstić information content (AvgIpc) is 2.73. The van der Waals surface area contributed by atoms with Gasteiger partial charge < -0.3 is 14.8 Å². The fraction of sp³-hybridized carbons (Fsp3) is 0.174. The number of amides is 1. The van der Waals surface area contributed by atoms with E-state index in [1.807, 2.05) is 72.8 Å². The second-order valence-electron chi connectivity index (χ2n) is 6.23. The van der Waals surface area contributed by atoms with Crippen molar-refractivity contribution in [3.63, 3.8) is 0 Å². The zero-order chi connectivity index (χ0) is 19.8. The molecule has 1 N–H and O–H groups in total. The lowest BCUT2D eigenvalue weighted by molar-refractivity contribution is -0.118. The molecule has 0 heterocycles. The molecule has 0 aliphatic heterocycles.